The van der Waals surface area contributed by atoms with Gasteiger partial charge >= 0.3 is 5.69 Å². The molecule has 26 heavy (non-hydrogen) atoms. The summed E-state index contributed by atoms with van der Waals surface area (Å²) in [5.41, 5.74) is 1.25. The molecule has 0 bridgehead atoms. The zero-order valence-electron chi connectivity index (χ0n) is 15.4. The number of carbonyl (C=O) groups is 1. The fraction of sp³-hybridized carbons (Fsp3) is 0.316. The molecule has 136 valence electrons. The van der Waals surface area contributed by atoms with E-state index in [9.17, 15) is 14.4 Å². The van der Waals surface area contributed by atoms with E-state index in [1.165, 1.54) is 18.5 Å². The Morgan fingerprint density at radius 2 is 1.73 bits per heavy atom. The topological polar surface area (TPSA) is 82.3 Å². The summed E-state index contributed by atoms with van der Waals surface area (Å²) >= 11 is 0. The lowest BCUT2D eigenvalue weighted by molar-refractivity contribution is -0.113. The highest BCUT2D eigenvalue weighted by Crippen LogP contribution is 2.36. The molecule has 1 atom stereocenters. The molecule has 2 heterocycles. The summed E-state index contributed by atoms with van der Waals surface area (Å²) in [4.78, 5) is 37.6. The van der Waals surface area contributed by atoms with E-state index in [0.717, 1.165) is 10.1 Å². The molecule has 2 aromatic rings. The van der Waals surface area contributed by atoms with Crippen LogP contribution in [0.15, 0.2) is 39.4 Å². The van der Waals surface area contributed by atoms with E-state index in [4.69, 9.17) is 4.74 Å². The Morgan fingerprint density at radius 3 is 2.27 bits per heavy atom. The number of ether oxygens (including phenoxy) is 1. The molecular formula is C19H21N3O4. The van der Waals surface area contributed by atoms with Crippen molar-refractivity contribution in [3.63, 3.8) is 0 Å². The van der Waals surface area contributed by atoms with Gasteiger partial charge in [-0.1, -0.05) is 12.1 Å². The third-order valence-electron chi connectivity index (χ3n) is 4.73. The lowest BCUT2D eigenvalue weighted by atomic mass is 9.86. The number of benzene rings is 1. The van der Waals surface area contributed by atoms with E-state index in [-0.39, 0.29) is 11.8 Å². The number of Topliss-reactive ketones (excluding diaryl/α,β-unsaturated/α-hetero) is 1. The van der Waals surface area contributed by atoms with Crippen molar-refractivity contribution < 1.29 is 9.53 Å². The summed E-state index contributed by atoms with van der Waals surface area (Å²) in [6, 6.07) is 6.83. The molecule has 1 aromatic heterocycles. The second-order valence-corrected chi connectivity index (χ2v) is 6.37. The standard InChI is InChI=1S/C19H21N3O4/c1-10-14(11(2)23)15(12-6-8-13(26-5)9-7-12)16-17(20-10)21(3)19(25)22(4)18(16)24/h6-10,20H,1-5H3/t10-/m1/s1. The first-order chi connectivity index (χ1) is 12.3. The first-order valence-electron chi connectivity index (χ1n) is 8.24. The molecule has 0 fully saturated rings. The Labute approximate surface area is 150 Å². The lowest BCUT2D eigenvalue weighted by Gasteiger charge is -2.30. The number of nitrogens with one attached hydrogen (secondary N) is 1. The van der Waals surface area contributed by atoms with Crippen molar-refractivity contribution in [1.82, 2.24) is 9.13 Å². The van der Waals surface area contributed by atoms with Gasteiger partial charge in [-0.25, -0.2) is 4.79 Å². The Bertz CT molecular complexity index is 1040. The Kier molecular flexibility index (Phi) is 4.31. The fourth-order valence-corrected chi connectivity index (χ4v) is 3.41. The van der Waals surface area contributed by atoms with Gasteiger partial charge in [0, 0.05) is 25.2 Å². The molecule has 0 spiro atoms. The largest absolute Gasteiger partial charge is 0.497 e. The number of methoxy groups -OCH3 is 1. The molecule has 0 saturated heterocycles. The van der Waals surface area contributed by atoms with Gasteiger partial charge in [-0.15, -0.1) is 0 Å². The van der Waals surface area contributed by atoms with Crippen molar-refractivity contribution in [2.45, 2.75) is 19.9 Å². The Morgan fingerprint density at radius 1 is 1.12 bits per heavy atom. The third kappa shape index (κ3) is 2.56. The van der Waals surface area contributed by atoms with E-state index in [1.54, 1.807) is 26.3 Å². The van der Waals surface area contributed by atoms with Crippen LogP contribution in [0.25, 0.3) is 5.57 Å². The number of ketones is 1. The average molecular weight is 355 g/mol. The van der Waals surface area contributed by atoms with Crippen molar-refractivity contribution in [3.05, 3.63) is 61.8 Å². The number of fused-ring (bicyclic) bond motifs is 1. The van der Waals surface area contributed by atoms with Crippen molar-refractivity contribution in [2.75, 3.05) is 12.4 Å². The zero-order valence-corrected chi connectivity index (χ0v) is 15.4. The predicted octanol–water partition coefficient (Wildman–Crippen LogP) is 1.30. The van der Waals surface area contributed by atoms with E-state index in [1.807, 2.05) is 19.1 Å². The van der Waals surface area contributed by atoms with Gasteiger partial charge in [-0.2, -0.15) is 0 Å². The van der Waals surface area contributed by atoms with Gasteiger partial charge < -0.3 is 10.1 Å². The molecule has 1 aliphatic heterocycles. The number of hydrogen-bond donors (Lipinski definition) is 1. The molecule has 7 nitrogen and oxygen atoms in total. The predicted molar refractivity (Wildman–Crippen MR) is 99.7 cm³/mol. The normalized spacial score (nSPS) is 16.1. The van der Waals surface area contributed by atoms with E-state index >= 15 is 0 Å². The number of nitrogens with zero attached hydrogens (tertiary/aromatic N) is 2. The van der Waals surface area contributed by atoms with Crippen LogP contribution in [0.5, 0.6) is 5.75 Å². The number of anilines is 1. The van der Waals surface area contributed by atoms with Gasteiger partial charge in [0.25, 0.3) is 5.56 Å². The summed E-state index contributed by atoms with van der Waals surface area (Å²) in [5, 5.41) is 3.14. The fourth-order valence-electron chi connectivity index (χ4n) is 3.41. The van der Waals surface area contributed by atoms with Gasteiger partial charge in [0.05, 0.1) is 18.7 Å². The number of hydrogen-bond acceptors (Lipinski definition) is 5. The van der Waals surface area contributed by atoms with Crippen molar-refractivity contribution in [2.24, 2.45) is 14.1 Å². The monoisotopic (exact) mass is 355 g/mol. The van der Waals surface area contributed by atoms with E-state index in [0.29, 0.717) is 28.3 Å². The van der Waals surface area contributed by atoms with Crippen LogP contribution in [0, 0.1) is 0 Å². The second-order valence-electron chi connectivity index (χ2n) is 6.37. The molecule has 1 aromatic carbocycles. The molecule has 1 aliphatic rings. The third-order valence-corrected chi connectivity index (χ3v) is 4.73. The molecule has 0 unspecified atom stereocenters. The van der Waals surface area contributed by atoms with Gasteiger partial charge in [0.15, 0.2) is 5.78 Å². The smallest absolute Gasteiger partial charge is 0.332 e. The highest BCUT2D eigenvalue weighted by molar-refractivity contribution is 6.08. The molecule has 0 aliphatic carbocycles. The highest BCUT2D eigenvalue weighted by atomic mass is 16.5. The Balaban J connectivity index is 2.44. The van der Waals surface area contributed by atoms with Crippen LogP contribution in [0.1, 0.15) is 25.0 Å². The van der Waals surface area contributed by atoms with Crippen LogP contribution < -0.4 is 21.3 Å². The van der Waals surface area contributed by atoms with E-state index < -0.39 is 11.2 Å². The van der Waals surface area contributed by atoms with Crippen LogP contribution in [0.3, 0.4) is 0 Å². The van der Waals surface area contributed by atoms with Crippen molar-refractivity contribution in [1.29, 1.82) is 0 Å². The van der Waals surface area contributed by atoms with Gasteiger partial charge in [0.2, 0.25) is 0 Å². The quantitative estimate of drug-likeness (QED) is 0.897. The number of rotatable bonds is 3. The highest BCUT2D eigenvalue weighted by Gasteiger charge is 2.32. The molecular weight excluding hydrogens is 334 g/mol. The maximum Gasteiger partial charge on any atom is 0.332 e. The minimum absolute atomic E-state index is 0.127. The summed E-state index contributed by atoms with van der Waals surface area (Å²) in [7, 11) is 4.61. The first-order valence-corrected chi connectivity index (χ1v) is 8.24. The lowest BCUT2D eigenvalue weighted by Crippen LogP contribution is -2.43. The summed E-state index contributed by atoms with van der Waals surface area (Å²) in [6.45, 7) is 3.32. The van der Waals surface area contributed by atoms with Crippen LogP contribution in [0.2, 0.25) is 0 Å². The molecule has 0 amide bonds. The van der Waals surface area contributed by atoms with Gasteiger partial charge in [-0.05, 0) is 31.5 Å². The number of carbonyl (C=O) groups excluding carboxylic acids is 1. The maximum atomic E-state index is 12.9. The van der Waals surface area contributed by atoms with Crippen LogP contribution in [-0.4, -0.2) is 28.1 Å². The summed E-state index contributed by atoms with van der Waals surface area (Å²) in [6.07, 6.45) is 0. The average Bonchev–Trinajstić information content (AvgIpc) is 2.63. The maximum absolute atomic E-state index is 12.9. The minimum atomic E-state index is -0.438. The number of aromatic nitrogens is 2. The second kappa shape index (κ2) is 6.33. The zero-order chi connectivity index (χ0) is 19.2. The molecule has 3 rings (SSSR count). The SMILES string of the molecule is COc1ccc(C2=C(C(C)=O)[C@@H](C)Nc3c2c(=O)n(C)c(=O)n3C)cc1. The van der Waals surface area contributed by atoms with Crippen LogP contribution in [-0.2, 0) is 18.9 Å². The van der Waals surface area contributed by atoms with Crippen LogP contribution >= 0.6 is 0 Å². The van der Waals surface area contributed by atoms with Crippen LogP contribution in [0.4, 0.5) is 5.82 Å². The van der Waals surface area contributed by atoms with Gasteiger partial charge in [-0.3, -0.25) is 18.7 Å². The molecule has 0 saturated carbocycles. The van der Waals surface area contributed by atoms with E-state index in [2.05, 4.69) is 5.32 Å². The minimum Gasteiger partial charge on any atom is -0.497 e. The molecule has 1 N–H and O–H groups in total. The molecule has 0 radical (unpaired) electrons. The molecule has 7 heteroatoms. The van der Waals surface area contributed by atoms with Crippen molar-refractivity contribution in [3.8, 4) is 5.75 Å². The summed E-state index contributed by atoms with van der Waals surface area (Å²) < 4.78 is 7.64. The van der Waals surface area contributed by atoms with Gasteiger partial charge in [0.1, 0.15) is 11.6 Å². The Hall–Kier alpha value is -3.09. The summed E-state index contributed by atoms with van der Waals surface area (Å²) in [5.74, 6) is 0.966. The van der Waals surface area contributed by atoms with Crippen molar-refractivity contribution >= 4 is 17.2 Å². The first kappa shape index (κ1) is 17.7.